The normalized spacial score (nSPS) is 11.5. The third kappa shape index (κ3) is 7.40. The molecule has 34 heavy (non-hydrogen) atoms. The summed E-state index contributed by atoms with van der Waals surface area (Å²) >= 11 is 7.86. The van der Waals surface area contributed by atoms with Crippen LogP contribution in [0.2, 0.25) is 0 Å². The zero-order chi connectivity index (χ0) is 23.6. The summed E-state index contributed by atoms with van der Waals surface area (Å²) in [7, 11) is 0. The average molecular weight is 527 g/mol. The smallest absolute Gasteiger partial charge is 0.0449 e. The Labute approximate surface area is 222 Å². The number of hydrogen-bond acceptors (Lipinski definition) is 4. The Balaban J connectivity index is 1.32. The summed E-state index contributed by atoms with van der Waals surface area (Å²) in [5.74, 6) is 0. The minimum Gasteiger partial charge on any atom is -0.139 e. The van der Waals surface area contributed by atoms with E-state index in [2.05, 4.69) is 62.4 Å². The first kappa shape index (κ1) is 25.9. The molecule has 4 aromatic rings. The Morgan fingerprint density at radius 3 is 1.09 bits per heavy atom. The van der Waals surface area contributed by atoms with Crippen LogP contribution in [-0.2, 0) is 12.8 Å². The van der Waals surface area contributed by atoms with Gasteiger partial charge < -0.3 is 0 Å². The van der Waals surface area contributed by atoms with Crippen LogP contribution in [0.1, 0.15) is 87.8 Å². The van der Waals surface area contributed by atoms with Gasteiger partial charge in [0, 0.05) is 39.0 Å². The lowest BCUT2D eigenvalue weighted by atomic mass is 10.1. The molecule has 4 rings (SSSR count). The Morgan fingerprint density at radius 1 is 0.382 bits per heavy atom. The fourth-order valence-corrected chi connectivity index (χ4v) is 8.68. The Hall–Kier alpha value is -1.20. The van der Waals surface area contributed by atoms with Crippen molar-refractivity contribution >= 4 is 45.3 Å². The standard InChI is InChI=1S/C30H38S4/c1-3-5-7-9-11-13-23-15-17-25(31-23)27-19-21-29(33-27)30-22-20-28(34-30)26-18-16-24(32-26)14-12-10-8-6-4-2/h15-22H,3-14H2,1-2H3. The molecule has 0 aromatic carbocycles. The molecule has 0 amide bonds. The van der Waals surface area contributed by atoms with Crippen LogP contribution in [0.3, 0.4) is 0 Å². The molecule has 0 nitrogen and oxygen atoms in total. The van der Waals surface area contributed by atoms with Gasteiger partial charge in [-0.2, -0.15) is 0 Å². The van der Waals surface area contributed by atoms with Crippen LogP contribution < -0.4 is 0 Å². The van der Waals surface area contributed by atoms with Crippen LogP contribution in [0.5, 0.6) is 0 Å². The van der Waals surface area contributed by atoms with Gasteiger partial charge >= 0.3 is 0 Å². The van der Waals surface area contributed by atoms with Crippen LogP contribution in [-0.4, -0.2) is 0 Å². The SMILES string of the molecule is CCCCCCCc1ccc(-c2ccc(-c3ccc(-c4ccc(CCCCCCC)s4)s3)s2)s1. The van der Waals surface area contributed by atoms with Crippen LogP contribution in [0.4, 0.5) is 0 Å². The summed E-state index contributed by atoms with van der Waals surface area (Å²) < 4.78 is 0. The molecular formula is C30H38S4. The van der Waals surface area contributed by atoms with Crippen molar-refractivity contribution in [2.45, 2.75) is 90.9 Å². The number of thiophene rings is 4. The molecule has 182 valence electrons. The topological polar surface area (TPSA) is 0 Å². The van der Waals surface area contributed by atoms with E-state index in [0.29, 0.717) is 0 Å². The second-order valence-corrected chi connectivity index (χ2v) is 13.7. The van der Waals surface area contributed by atoms with Crippen LogP contribution in [0.15, 0.2) is 48.5 Å². The molecular weight excluding hydrogens is 489 g/mol. The third-order valence-corrected chi connectivity index (χ3v) is 11.4. The summed E-state index contributed by atoms with van der Waals surface area (Å²) in [4.78, 5) is 11.6. The third-order valence-electron chi connectivity index (χ3n) is 6.32. The first-order valence-corrected chi connectivity index (χ1v) is 16.4. The molecule has 0 atom stereocenters. The van der Waals surface area contributed by atoms with Crippen molar-refractivity contribution < 1.29 is 0 Å². The number of aryl methyl sites for hydroxylation is 2. The van der Waals surface area contributed by atoms with E-state index in [-0.39, 0.29) is 0 Å². The highest BCUT2D eigenvalue weighted by molar-refractivity contribution is 7.28. The minimum atomic E-state index is 1.24. The molecule has 0 aliphatic heterocycles. The lowest BCUT2D eigenvalue weighted by Crippen LogP contribution is -1.81. The molecule has 0 aliphatic rings. The summed E-state index contributed by atoms with van der Waals surface area (Å²) in [6.45, 7) is 4.57. The number of rotatable bonds is 15. The van der Waals surface area contributed by atoms with Gasteiger partial charge in [0.25, 0.3) is 0 Å². The lowest BCUT2D eigenvalue weighted by Gasteiger charge is -1.98. The molecule has 0 saturated heterocycles. The Kier molecular flexibility index (Phi) is 10.5. The summed E-state index contributed by atoms with van der Waals surface area (Å²) in [6.07, 6.45) is 16.1. The maximum atomic E-state index is 2.35. The molecule has 0 saturated carbocycles. The summed E-state index contributed by atoms with van der Waals surface area (Å²) in [6, 6.07) is 18.6. The van der Waals surface area contributed by atoms with E-state index >= 15 is 0 Å². The largest absolute Gasteiger partial charge is 0.139 e. The average Bonchev–Trinajstić information content (AvgIpc) is 3.64. The summed E-state index contributed by atoms with van der Waals surface area (Å²) in [5.41, 5.74) is 0. The van der Waals surface area contributed by atoms with E-state index in [4.69, 9.17) is 0 Å². The van der Waals surface area contributed by atoms with Gasteiger partial charge in [-0.05, 0) is 74.2 Å². The predicted molar refractivity (Wildman–Crippen MR) is 159 cm³/mol. The summed E-state index contributed by atoms with van der Waals surface area (Å²) in [5, 5.41) is 0. The highest BCUT2D eigenvalue weighted by atomic mass is 32.1. The molecule has 0 fully saturated rings. The van der Waals surface area contributed by atoms with E-state index in [1.165, 1.54) is 106 Å². The zero-order valence-electron chi connectivity index (χ0n) is 20.7. The van der Waals surface area contributed by atoms with Crippen molar-refractivity contribution in [1.29, 1.82) is 0 Å². The monoisotopic (exact) mass is 526 g/mol. The van der Waals surface area contributed by atoms with Crippen molar-refractivity contribution in [1.82, 2.24) is 0 Å². The lowest BCUT2D eigenvalue weighted by molar-refractivity contribution is 0.634. The van der Waals surface area contributed by atoms with Crippen molar-refractivity contribution in [3.63, 3.8) is 0 Å². The molecule has 4 heterocycles. The van der Waals surface area contributed by atoms with E-state index in [9.17, 15) is 0 Å². The second-order valence-electron chi connectivity index (χ2n) is 9.19. The fraction of sp³-hybridized carbons (Fsp3) is 0.467. The second kappa shape index (κ2) is 13.8. The van der Waals surface area contributed by atoms with E-state index in [0.717, 1.165) is 0 Å². The van der Waals surface area contributed by atoms with Crippen molar-refractivity contribution in [2.75, 3.05) is 0 Å². The molecule has 0 bridgehead atoms. The fourth-order valence-electron chi connectivity index (χ4n) is 4.30. The van der Waals surface area contributed by atoms with Gasteiger partial charge in [0.2, 0.25) is 0 Å². The van der Waals surface area contributed by atoms with E-state index in [1.807, 2.05) is 45.3 Å². The number of hydrogen-bond donors (Lipinski definition) is 0. The molecule has 4 aromatic heterocycles. The highest BCUT2D eigenvalue weighted by Crippen LogP contribution is 2.43. The maximum absolute atomic E-state index is 2.35. The van der Waals surface area contributed by atoms with Crippen molar-refractivity contribution in [2.24, 2.45) is 0 Å². The maximum Gasteiger partial charge on any atom is 0.0449 e. The van der Waals surface area contributed by atoms with Gasteiger partial charge in [0.15, 0.2) is 0 Å². The quantitative estimate of drug-likeness (QED) is 0.135. The Bertz CT molecular complexity index is 1020. The van der Waals surface area contributed by atoms with Gasteiger partial charge in [-0.1, -0.05) is 65.2 Å². The minimum absolute atomic E-state index is 1.24. The van der Waals surface area contributed by atoms with Gasteiger partial charge in [-0.15, -0.1) is 45.3 Å². The van der Waals surface area contributed by atoms with Gasteiger partial charge in [-0.25, -0.2) is 0 Å². The van der Waals surface area contributed by atoms with E-state index in [1.54, 1.807) is 9.75 Å². The number of unbranched alkanes of at least 4 members (excludes halogenated alkanes) is 8. The molecule has 0 spiro atoms. The van der Waals surface area contributed by atoms with Crippen LogP contribution in [0, 0.1) is 0 Å². The molecule has 0 unspecified atom stereocenters. The van der Waals surface area contributed by atoms with Crippen molar-refractivity contribution in [3.05, 3.63) is 58.3 Å². The van der Waals surface area contributed by atoms with Crippen LogP contribution in [0.25, 0.3) is 29.3 Å². The molecule has 0 aliphatic carbocycles. The van der Waals surface area contributed by atoms with E-state index < -0.39 is 0 Å². The van der Waals surface area contributed by atoms with Crippen LogP contribution >= 0.6 is 45.3 Å². The van der Waals surface area contributed by atoms with Gasteiger partial charge in [0.1, 0.15) is 0 Å². The highest BCUT2D eigenvalue weighted by Gasteiger charge is 2.12. The van der Waals surface area contributed by atoms with Gasteiger partial charge in [-0.3, -0.25) is 0 Å². The Morgan fingerprint density at radius 2 is 0.706 bits per heavy atom. The zero-order valence-corrected chi connectivity index (χ0v) is 24.0. The van der Waals surface area contributed by atoms with Gasteiger partial charge in [0.05, 0.1) is 0 Å². The first-order chi connectivity index (χ1) is 16.8. The first-order valence-electron chi connectivity index (χ1n) is 13.1. The molecule has 0 radical (unpaired) electrons. The predicted octanol–water partition coefficient (Wildman–Crippen LogP) is 12.0. The molecule has 0 N–H and O–H groups in total. The molecule has 4 heteroatoms. The van der Waals surface area contributed by atoms with Crippen molar-refractivity contribution in [3.8, 4) is 29.3 Å².